The van der Waals surface area contributed by atoms with Gasteiger partial charge in [-0.1, -0.05) is 18.2 Å². The second-order valence-electron chi connectivity index (χ2n) is 5.41. The van der Waals surface area contributed by atoms with E-state index in [1.807, 2.05) is 29.2 Å². The number of benzene rings is 1. The third-order valence-corrected chi connectivity index (χ3v) is 3.90. The van der Waals surface area contributed by atoms with Crippen molar-refractivity contribution in [1.29, 1.82) is 0 Å². The SMILES string of the molecule is NC(=O)OC1CCCN(c2c([N+](=O)[O-])cnc3ccccc23)C1. The molecule has 1 saturated heterocycles. The van der Waals surface area contributed by atoms with Crippen LogP contribution in [-0.2, 0) is 4.74 Å². The van der Waals surface area contributed by atoms with Crippen LogP contribution in [-0.4, -0.2) is 35.2 Å². The topological polar surface area (TPSA) is 112 Å². The van der Waals surface area contributed by atoms with Crippen LogP contribution >= 0.6 is 0 Å². The van der Waals surface area contributed by atoms with E-state index in [4.69, 9.17) is 10.5 Å². The van der Waals surface area contributed by atoms with Gasteiger partial charge in [0.15, 0.2) is 0 Å². The molecular formula is C15H16N4O4. The molecule has 1 fully saturated rings. The number of para-hydroxylation sites is 1. The number of hydrogen-bond donors (Lipinski definition) is 1. The zero-order chi connectivity index (χ0) is 16.4. The molecule has 0 aliphatic carbocycles. The molecule has 120 valence electrons. The molecule has 23 heavy (non-hydrogen) atoms. The summed E-state index contributed by atoms with van der Waals surface area (Å²) in [6, 6.07) is 7.27. The van der Waals surface area contributed by atoms with Crippen molar-refractivity contribution in [3.05, 3.63) is 40.6 Å². The molecule has 2 aromatic rings. The Labute approximate surface area is 132 Å². The van der Waals surface area contributed by atoms with Crippen LogP contribution in [0.15, 0.2) is 30.5 Å². The Hall–Kier alpha value is -2.90. The van der Waals surface area contributed by atoms with Crippen molar-refractivity contribution in [3.8, 4) is 0 Å². The van der Waals surface area contributed by atoms with Gasteiger partial charge in [0.1, 0.15) is 18.0 Å². The largest absolute Gasteiger partial charge is 0.445 e. The van der Waals surface area contributed by atoms with Gasteiger partial charge < -0.3 is 15.4 Å². The Kier molecular flexibility index (Phi) is 3.96. The predicted octanol–water partition coefficient (Wildman–Crippen LogP) is 2.21. The number of anilines is 1. The lowest BCUT2D eigenvalue weighted by molar-refractivity contribution is -0.384. The van der Waals surface area contributed by atoms with Gasteiger partial charge in [0.05, 0.1) is 17.0 Å². The summed E-state index contributed by atoms with van der Waals surface area (Å²) in [5.41, 5.74) is 6.22. The van der Waals surface area contributed by atoms with Crippen LogP contribution in [0.3, 0.4) is 0 Å². The van der Waals surface area contributed by atoms with Gasteiger partial charge in [-0.05, 0) is 18.9 Å². The van der Waals surface area contributed by atoms with Crippen LogP contribution in [0.25, 0.3) is 10.9 Å². The molecule has 2 heterocycles. The van der Waals surface area contributed by atoms with Gasteiger partial charge in [0, 0.05) is 11.9 Å². The predicted molar refractivity (Wildman–Crippen MR) is 84.3 cm³/mol. The summed E-state index contributed by atoms with van der Waals surface area (Å²) in [5, 5.41) is 12.1. The summed E-state index contributed by atoms with van der Waals surface area (Å²) in [5.74, 6) is 0. The van der Waals surface area contributed by atoms with Crippen LogP contribution in [0.4, 0.5) is 16.2 Å². The number of aromatic nitrogens is 1. The number of hydrogen-bond acceptors (Lipinski definition) is 6. The van der Waals surface area contributed by atoms with Crippen LogP contribution in [0.5, 0.6) is 0 Å². The van der Waals surface area contributed by atoms with E-state index >= 15 is 0 Å². The molecule has 8 heteroatoms. The van der Waals surface area contributed by atoms with Crippen molar-refractivity contribution in [3.63, 3.8) is 0 Å². The van der Waals surface area contributed by atoms with Crippen LogP contribution in [0, 0.1) is 10.1 Å². The Balaban J connectivity index is 2.04. The van der Waals surface area contributed by atoms with Gasteiger partial charge in [-0.15, -0.1) is 0 Å². The highest BCUT2D eigenvalue weighted by Crippen LogP contribution is 2.36. The number of piperidine rings is 1. The standard InChI is InChI=1S/C15H16N4O4/c16-15(20)23-10-4-3-7-18(9-10)14-11-5-1-2-6-12(11)17-8-13(14)19(21)22/h1-2,5-6,8,10H,3-4,7,9H2,(H2,16,20). The van der Waals surface area contributed by atoms with Gasteiger partial charge in [-0.2, -0.15) is 0 Å². The van der Waals surface area contributed by atoms with Crippen LogP contribution < -0.4 is 10.6 Å². The normalized spacial score (nSPS) is 17.9. The Morgan fingerprint density at radius 2 is 2.22 bits per heavy atom. The van der Waals surface area contributed by atoms with Crippen molar-refractivity contribution in [2.24, 2.45) is 5.73 Å². The summed E-state index contributed by atoms with van der Waals surface area (Å²) in [7, 11) is 0. The maximum atomic E-state index is 11.4. The number of amides is 1. The number of rotatable bonds is 3. The van der Waals surface area contributed by atoms with Crippen molar-refractivity contribution < 1.29 is 14.5 Å². The third kappa shape index (κ3) is 3.01. The fourth-order valence-corrected chi connectivity index (χ4v) is 2.98. The van der Waals surface area contributed by atoms with Gasteiger partial charge in [-0.3, -0.25) is 10.1 Å². The summed E-state index contributed by atoms with van der Waals surface area (Å²) < 4.78 is 5.07. The fourth-order valence-electron chi connectivity index (χ4n) is 2.98. The minimum Gasteiger partial charge on any atom is -0.445 e. The number of primary amides is 1. The molecule has 1 atom stereocenters. The zero-order valence-corrected chi connectivity index (χ0v) is 12.3. The van der Waals surface area contributed by atoms with Gasteiger partial charge in [0.2, 0.25) is 0 Å². The molecule has 1 aliphatic rings. The zero-order valence-electron chi connectivity index (χ0n) is 12.3. The van der Waals surface area contributed by atoms with Crippen LogP contribution in [0.1, 0.15) is 12.8 Å². The van der Waals surface area contributed by atoms with Gasteiger partial charge >= 0.3 is 11.8 Å². The maximum Gasteiger partial charge on any atom is 0.404 e. The smallest absolute Gasteiger partial charge is 0.404 e. The van der Waals surface area contributed by atoms with E-state index in [0.29, 0.717) is 36.1 Å². The van der Waals surface area contributed by atoms with Crippen molar-refractivity contribution >= 4 is 28.4 Å². The molecule has 0 radical (unpaired) electrons. The van der Waals surface area contributed by atoms with E-state index < -0.39 is 11.0 Å². The lowest BCUT2D eigenvalue weighted by atomic mass is 10.0. The molecule has 1 aliphatic heterocycles. The Bertz CT molecular complexity index is 764. The molecule has 8 nitrogen and oxygen atoms in total. The monoisotopic (exact) mass is 316 g/mol. The lowest BCUT2D eigenvalue weighted by Gasteiger charge is -2.33. The average molecular weight is 316 g/mol. The lowest BCUT2D eigenvalue weighted by Crippen LogP contribution is -2.41. The first-order valence-electron chi connectivity index (χ1n) is 7.29. The number of nitro groups is 1. The number of carbonyl (C=O) groups excluding carboxylic acids is 1. The highest BCUT2D eigenvalue weighted by Gasteiger charge is 2.29. The fraction of sp³-hybridized carbons (Fsp3) is 0.333. The average Bonchev–Trinajstić information content (AvgIpc) is 2.53. The van der Waals surface area contributed by atoms with Crippen molar-refractivity contribution in [2.45, 2.75) is 18.9 Å². The van der Waals surface area contributed by atoms with E-state index in [0.717, 1.165) is 6.42 Å². The van der Waals surface area contributed by atoms with Crippen LogP contribution in [0.2, 0.25) is 0 Å². The molecule has 3 rings (SSSR count). The number of ether oxygens (including phenoxy) is 1. The van der Waals surface area contributed by atoms with Crippen molar-refractivity contribution in [1.82, 2.24) is 4.98 Å². The number of pyridine rings is 1. The first-order chi connectivity index (χ1) is 11.1. The van der Waals surface area contributed by atoms with E-state index in [1.165, 1.54) is 6.20 Å². The van der Waals surface area contributed by atoms with E-state index in [-0.39, 0.29) is 11.8 Å². The molecule has 0 bridgehead atoms. The number of carbonyl (C=O) groups is 1. The second-order valence-corrected chi connectivity index (χ2v) is 5.41. The number of nitrogens with two attached hydrogens (primary N) is 1. The second kappa shape index (κ2) is 6.07. The van der Waals surface area contributed by atoms with Crippen molar-refractivity contribution in [2.75, 3.05) is 18.0 Å². The third-order valence-electron chi connectivity index (χ3n) is 3.90. The minimum absolute atomic E-state index is 0.0524. The highest BCUT2D eigenvalue weighted by atomic mass is 16.6. The molecule has 1 aromatic heterocycles. The number of nitrogens with zero attached hydrogens (tertiary/aromatic N) is 3. The number of fused-ring (bicyclic) bond motifs is 1. The maximum absolute atomic E-state index is 11.4. The molecule has 1 aromatic carbocycles. The molecular weight excluding hydrogens is 300 g/mol. The molecule has 1 unspecified atom stereocenters. The van der Waals surface area contributed by atoms with E-state index in [9.17, 15) is 14.9 Å². The summed E-state index contributed by atoms with van der Waals surface area (Å²) in [6.45, 7) is 1.02. The van der Waals surface area contributed by atoms with Gasteiger partial charge in [0.25, 0.3) is 0 Å². The molecule has 0 saturated carbocycles. The first-order valence-corrected chi connectivity index (χ1v) is 7.29. The highest BCUT2D eigenvalue weighted by molar-refractivity contribution is 5.96. The Morgan fingerprint density at radius 3 is 2.96 bits per heavy atom. The van der Waals surface area contributed by atoms with E-state index in [2.05, 4.69) is 4.98 Å². The summed E-state index contributed by atoms with van der Waals surface area (Å²) in [4.78, 5) is 28.0. The Morgan fingerprint density at radius 1 is 1.43 bits per heavy atom. The summed E-state index contributed by atoms with van der Waals surface area (Å²) >= 11 is 0. The quantitative estimate of drug-likeness (QED) is 0.686. The minimum atomic E-state index is -0.828. The van der Waals surface area contributed by atoms with Gasteiger partial charge in [-0.25, -0.2) is 9.78 Å². The van der Waals surface area contributed by atoms with E-state index in [1.54, 1.807) is 0 Å². The molecule has 0 spiro atoms. The molecule has 2 N–H and O–H groups in total. The molecule has 1 amide bonds. The first kappa shape index (κ1) is 15.0. The summed E-state index contributed by atoms with van der Waals surface area (Å²) in [6.07, 6.45) is 1.52.